The minimum atomic E-state index is -0.0402. The lowest BCUT2D eigenvalue weighted by molar-refractivity contribution is 0.660. The van der Waals surface area contributed by atoms with Gasteiger partial charge in [0.05, 0.1) is 0 Å². The first-order valence-electron chi connectivity index (χ1n) is 22.8. The van der Waals surface area contributed by atoms with Gasteiger partial charge in [0.1, 0.15) is 0 Å². The molecule has 7 aromatic carbocycles. The Hall–Kier alpha value is -6.44. The molecule has 0 spiro atoms. The lowest BCUT2D eigenvalue weighted by atomic mass is 9.76. The van der Waals surface area contributed by atoms with Crippen LogP contribution < -0.4 is 5.73 Å². The Bertz CT molecular complexity index is 3000. The van der Waals surface area contributed by atoms with Crippen LogP contribution in [0.25, 0.3) is 61.1 Å². The first-order chi connectivity index (χ1) is 30.3. The van der Waals surface area contributed by atoms with Crippen LogP contribution in [-0.2, 0) is 5.41 Å². The smallest absolute Gasteiger partial charge is 0.0347 e. The molecule has 3 atom stereocenters. The third-order valence-corrected chi connectivity index (χ3v) is 14.3. The van der Waals surface area contributed by atoms with Crippen molar-refractivity contribution in [2.75, 3.05) is 0 Å². The van der Waals surface area contributed by atoms with Crippen molar-refractivity contribution in [3.8, 4) is 22.3 Å². The van der Waals surface area contributed by atoms with Crippen molar-refractivity contribution >= 4 is 38.9 Å². The molecular formula is C61H57N. The van der Waals surface area contributed by atoms with Gasteiger partial charge in [0.25, 0.3) is 0 Å². The Kier molecular flexibility index (Phi) is 10.5. The van der Waals surface area contributed by atoms with Gasteiger partial charge < -0.3 is 5.73 Å². The van der Waals surface area contributed by atoms with Crippen molar-refractivity contribution in [2.45, 2.75) is 71.1 Å². The molecule has 10 rings (SSSR count). The number of nitrogens with two attached hydrogens (primary N) is 1. The van der Waals surface area contributed by atoms with Gasteiger partial charge in [-0.05, 0) is 144 Å². The van der Waals surface area contributed by atoms with E-state index < -0.39 is 0 Å². The lowest BCUT2D eigenvalue weighted by Gasteiger charge is -2.28. The molecule has 0 radical (unpaired) electrons. The number of hydrogen-bond donors (Lipinski definition) is 1. The summed E-state index contributed by atoms with van der Waals surface area (Å²) >= 11 is 0. The summed E-state index contributed by atoms with van der Waals surface area (Å²) in [6.07, 6.45) is 21.6. The molecule has 0 amide bonds. The summed E-state index contributed by atoms with van der Waals surface area (Å²) in [7, 11) is 0. The predicted molar refractivity (Wildman–Crippen MR) is 267 cm³/mol. The molecule has 1 heteroatoms. The maximum atomic E-state index is 6.57. The van der Waals surface area contributed by atoms with Gasteiger partial charge in [-0.2, -0.15) is 0 Å². The van der Waals surface area contributed by atoms with Crippen molar-refractivity contribution in [1.29, 1.82) is 0 Å². The molecule has 0 heterocycles. The number of allylic oxidation sites excluding steroid dienone is 8. The highest BCUT2D eigenvalue weighted by molar-refractivity contribution is 6.14. The third-order valence-electron chi connectivity index (χ3n) is 14.3. The summed E-state index contributed by atoms with van der Waals surface area (Å²) in [6.45, 7) is 9.53. The molecule has 0 aliphatic heterocycles. The molecule has 3 aliphatic carbocycles. The zero-order chi connectivity index (χ0) is 42.4. The van der Waals surface area contributed by atoms with Crippen LogP contribution in [0.2, 0.25) is 0 Å². The minimum absolute atomic E-state index is 0.0402. The average molecular weight is 804 g/mol. The lowest BCUT2D eigenvalue weighted by Crippen LogP contribution is -2.14. The highest BCUT2D eigenvalue weighted by Crippen LogP contribution is 2.50. The van der Waals surface area contributed by atoms with Gasteiger partial charge in [0.2, 0.25) is 0 Å². The van der Waals surface area contributed by atoms with Crippen molar-refractivity contribution in [2.24, 2.45) is 17.6 Å². The van der Waals surface area contributed by atoms with Crippen LogP contribution >= 0.6 is 0 Å². The summed E-state index contributed by atoms with van der Waals surface area (Å²) in [5.41, 5.74) is 25.0. The maximum Gasteiger partial charge on any atom is 0.0347 e. The largest absolute Gasteiger partial charge is 0.399 e. The fourth-order valence-electron chi connectivity index (χ4n) is 10.9. The van der Waals surface area contributed by atoms with E-state index in [4.69, 9.17) is 5.73 Å². The van der Waals surface area contributed by atoms with Crippen LogP contribution in [0.5, 0.6) is 0 Å². The van der Waals surface area contributed by atoms with Crippen LogP contribution in [-0.4, -0.2) is 0 Å². The van der Waals surface area contributed by atoms with E-state index in [1.54, 1.807) is 0 Å². The van der Waals surface area contributed by atoms with Crippen LogP contribution in [0.1, 0.15) is 105 Å². The fraction of sp³-hybridized carbons (Fsp3) is 0.213. The van der Waals surface area contributed by atoms with Crippen LogP contribution in [0.3, 0.4) is 0 Å². The SMILES string of the molecule is CC(/C=C(/c1cccc(C2CC=Cc3c2c2ccc(-c4ccc5c(c4)C(C)(C)c4ccccc4-5)cc2c2ccccc32)c1)[C@H](C)CC/C=C(/N)c1ccccc1)C1=CC=CCC1. The Balaban J connectivity index is 1.04. The van der Waals surface area contributed by atoms with E-state index in [1.807, 2.05) is 6.07 Å². The fourth-order valence-corrected chi connectivity index (χ4v) is 10.9. The van der Waals surface area contributed by atoms with Crippen LogP contribution in [0, 0.1) is 11.8 Å². The summed E-state index contributed by atoms with van der Waals surface area (Å²) < 4.78 is 0. The van der Waals surface area contributed by atoms with Crippen molar-refractivity contribution < 1.29 is 0 Å². The summed E-state index contributed by atoms with van der Waals surface area (Å²) in [5.74, 6) is 0.954. The molecule has 0 fully saturated rings. The molecule has 7 aromatic rings. The Morgan fingerprint density at radius 3 is 2.27 bits per heavy atom. The Labute approximate surface area is 368 Å². The highest BCUT2D eigenvalue weighted by atomic mass is 14.6. The summed E-state index contributed by atoms with van der Waals surface area (Å²) in [5, 5.41) is 5.33. The van der Waals surface area contributed by atoms with Gasteiger partial charge in [-0.15, -0.1) is 0 Å². The molecule has 0 bridgehead atoms. The molecule has 62 heavy (non-hydrogen) atoms. The molecule has 2 unspecified atom stereocenters. The van der Waals surface area contributed by atoms with E-state index in [-0.39, 0.29) is 11.3 Å². The van der Waals surface area contributed by atoms with Gasteiger partial charge >= 0.3 is 0 Å². The van der Waals surface area contributed by atoms with Gasteiger partial charge in [-0.1, -0.05) is 203 Å². The molecule has 3 aliphatic rings. The topological polar surface area (TPSA) is 26.0 Å². The summed E-state index contributed by atoms with van der Waals surface area (Å²) in [6, 6.07) is 52.3. The Morgan fingerprint density at radius 2 is 1.44 bits per heavy atom. The van der Waals surface area contributed by atoms with Crippen molar-refractivity contribution in [3.63, 3.8) is 0 Å². The van der Waals surface area contributed by atoms with Crippen molar-refractivity contribution in [3.05, 3.63) is 220 Å². The zero-order valence-corrected chi connectivity index (χ0v) is 36.7. The Morgan fingerprint density at radius 1 is 0.694 bits per heavy atom. The van der Waals surface area contributed by atoms with E-state index >= 15 is 0 Å². The normalized spacial score (nSPS) is 17.7. The van der Waals surface area contributed by atoms with Crippen molar-refractivity contribution in [1.82, 2.24) is 0 Å². The van der Waals surface area contributed by atoms with E-state index in [9.17, 15) is 0 Å². The van der Waals surface area contributed by atoms with Gasteiger partial charge in [-0.25, -0.2) is 0 Å². The molecule has 306 valence electrons. The molecule has 0 aromatic heterocycles. The van der Waals surface area contributed by atoms with Gasteiger partial charge in [0, 0.05) is 17.0 Å². The van der Waals surface area contributed by atoms with E-state index in [2.05, 4.69) is 204 Å². The van der Waals surface area contributed by atoms with Gasteiger partial charge in [-0.3, -0.25) is 0 Å². The van der Waals surface area contributed by atoms with Crippen LogP contribution in [0.4, 0.5) is 0 Å². The molecule has 0 saturated carbocycles. The van der Waals surface area contributed by atoms with E-state index in [1.165, 1.54) is 88.3 Å². The third kappa shape index (κ3) is 7.18. The number of hydrogen-bond acceptors (Lipinski definition) is 1. The summed E-state index contributed by atoms with van der Waals surface area (Å²) in [4.78, 5) is 0. The molecule has 0 saturated heterocycles. The molecular weight excluding hydrogens is 747 g/mol. The number of fused-ring (bicyclic) bond motifs is 9. The second kappa shape index (κ2) is 16.4. The zero-order valence-electron chi connectivity index (χ0n) is 36.7. The molecule has 1 nitrogen and oxygen atoms in total. The quantitative estimate of drug-likeness (QED) is 0.137. The van der Waals surface area contributed by atoms with Crippen LogP contribution in [0.15, 0.2) is 182 Å². The monoisotopic (exact) mass is 803 g/mol. The second-order valence-corrected chi connectivity index (χ2v) is 18.5. The first kappa shape index (κ1) is 39.7. The predicted octanol–water partition coefficient (Wildman–Crippen LogP) is 16.2. The van der Waals surface area contributed by atoms with E-state index in [0.29, 0.717) is 11.8 Å². The first-order valence-corrected chi connectivity index (χ1v) is 22.8. The number of benzene rings is 7. The standard InChI is InChI=1S/C61H57N/c1-40(18-15-31-59(62)43-21-9-6-10-22-43)55(36-41(2)42-19-7-5-8-20-42)47-24-16-23-46(37-47)48-28-17-29-53-49-25-11-12-26-50(49)56-38-44(33-35-54(56)60(48)53)45-32-34-52-51-27-13-14-30-57(51)61(3,4)58(52)39-45/h5-7,9-14,16-17,19,21-27,29-41,48H,8,15,18,20,28,62H2,1-4H3/b55-36+,59-31+/t40-,41?,48?/m1/s1. The molecule has 2 N–H and O–H groups in total. The average Bonchev–Trinajstić information content (AvgIpc) is 3.55. The maximum absolute atomic E-state index is 6.57. The second-order valence-electron chi connectivity index (χ2n) is 18.5. The number of rotatable bonds is 10. The highest BCUT2D eigenvalue weighted by Gasteiger charge is 2.35. The van der Waals surface area contributed by atoms with E-state index in [0.717, 1.165) is 43.4 Å². The minimum Gasteiger partial charge on any atom is -0.399 e. The van der Waals surface area contributed by atoms with Gasteiger partial charge in [0.15, 0.2) is 0 Å².